The summed E-state index contributed by atoms with van der Waals surface area (Å²) in [6.45, 7) is 20.7. The van der Waals surface area contributed by atoms with Gasteiger partial charge in [0.15, 0.2) is 0 Å². The molecular weight excluding hydrogens is 637 g/mol. The average molecular weight is 681 g/mol. The van der Waals surface area contributed by atoms with E-state index in [0.717, 1.165) is 107 Å². The standard InChI is InChI=1S/C47H44N4O/c1-6-26-50(27-7-2)45-35-22-14-10-18-31(35)40(32-19-11-15-23-36(32)45)43-42(39(30-48)49-5)44(47(43)52)41-33-20-12-16-24-37(33)46(51(28-8-3)29-9-4)38-25-17-13-21-34(38)41/h10-25H,6-9,26-29H2,1-4H3. The molecule has 52 heavy (non-hydrogen) atoms. The molecule has 2 aliphatic rings. The molecule has 0 amide bonds. The summed E-state index contributed by atoms with van der Waals surface area (Å²) in [5.74, 6) is -0.129. The Kier molecular flexibility index (Phi) is 9.80. The maximum Gasteiger partial charge on any atom is 0.270 e. The van der Waals surface area contributed by atoms with Gasteiger partial charge in [-0.05, 0) is 69.2 Å². The summed E-state index contributed by atoms with van der Waals surface area (Å²) < 4.78 is 2.47. The molecule has 5 heteroatoms. The molecule has 258 valence electrons. The maximum atomic E-state index is 15.2. The molecule has 0 fully saturated rings. The quantitative estimate of drug-likeness (QED) is 0.0627. The molecule has 0 N–H and O–H groups in total. The topological polar surface area (TPSA) is 57.5 Å². The maximum absolute atomic E-state index is 15.2. The second-order valence-corrected chi connectivity index (χ2v) is 13.6. The van der Waals surface area contributed by atoms with Crippen molar-refractivity contribution in [2.24, 2.45) is 0 Å². The number of fused-ring (bicyclic) bond motifs is 4. The molecule has 0 aromatic heterocycles. The lowest BCUT2D eigenvalue weighted by atomic mass is 9.69. The summed E-state index contributed by atoms with van der Waals surface area (Å²) in [5, 5.41) is 29.8. The number of nitrogens with zero attached hydrogens (tertiary/aromatic N) is 4. The van der Waals surface area contributed by atoms with Gasteiger partial charge in [0.25, 0.3) is 5.70 Å². The van der Waals surface area contributed by atoms with Gasteiger partial charge in [-0.1, -0.05) is 118 Å². The fourth-order valence-corrected chi connectivity index (χ4v) is 8.45. The first-order valence-corrected chi connectivity index (χ1v) is 18.7. The second kappa shape index (κ2) is 14.7. The van der Waals surface area contributed by atoms with E-state index in [1.165, 1.54) is 11.4 Å². The van der Waals surface area contributed by atoms with Crippen molar-refractivity contribution < 1.29 is 9.68 Å². The molecule has 0 spiro atoms. The van der Waals surface area contributed by atoms with E-state index in [1.54, 1.807) is 0 Å². The van der Waals surface area contributed by atoms with Crippen LogP contribution in [0, 0.1) is 17.9 Å². The molecule has 0 saturated carbocycles. The van der Waals surface area contributed by atoms with Crippen molar-refractivity contribution in [3.8, 4) is 6.07 Å². The minimum absolute atomic E-state index is 0.0590. The van der Waals surface area contributed by atoms with Crippen LogP contribution in [0.15, 0.2) is 120 Å². The molecule has 0 radical (unpaired) electrons. The van der Waals surface area contributed by atoms with E-state index in [0.29, 0.717) is 16.7 Å². The first-order valence-electron chi connectivity index (χ1n) is 18.7. The molecule has 2 aliphatic carbocycles. The lowest BCUT2D eigenvalue weighted by Gasteiger charge is -2.41. The molecule has 0 atom stereocenters. The van der Waals surface area contributed by atoms with E-state index < -0.39 is 0 Å². The first kappa shape index (κ1) is 34.5. The zero-order valence-electron chi connectivity index (χ0n) is 30.6. The fourth-order valence-electron chi connectivity index (χ4n) is 8.45. The summed E-state index contributed by atoms with van der Waals surface area (Å²) in [6.07, 6.45) is 4.05. The van der Waals surface area contributed by atoms with Crippen molar-refractivity contribution in [2.45, 2.75) is 53.4 Å². The van der Waals surface area contributed by atoms with Crippen LogP contribution < -0.4 is 10.0 Å². The number of hydrogen-bond donors (Lipinski definition) is 0. The number of allylic oxidation sites excluding steroid dienone is 3. The lowest BCUT2D eigenvalue weighted by molar-refractivity contribution is -0.527. The number of nitriles is 1. The van der Waals surface area contributed by atoms with E-state index in [4.69, 9.17) is 6.57 Å². The van der Waals surface area contributed by atoms with Crippen molar-refractivity contribution in [1.29, 1.82) is 5.26 Å². The molecule has 0 aliphatic heterocycles. The van der Waals surface area contributed by atoms with Crippen LogP contribution in [-0.4, -0.2) is 36.5 Å². The van der Waals surface area contributed by atoms with Gasteiger partial charge < -0.3 is 10.0 Å². The normalized spacial score (nSPS) is 14.5. The number of hydrogen-bond acceptors (Lipinski definition) is 3. The lowest BCUT2D eigenvalue weighted by Crippen LogP contribution is -2.31. The summed E-state index contributed by atoms with van der Waals surface area (Å²) in [7, 11) is 0. The van der Waals surface area contributed by atoms with Crippen LogP contribution in [0.2, 0.25) is 0 Å². The molecular formula is C47H44N4O. The summed E-state index contributed by atoms with van der Waals surface area (Å²) in [4.78, 5) is 6.25. The van der Waals surface area contributed by atoms with Crippen LogP contribution in [0.3, 0.4) is 0 Å². The Bertz CT molecular complexity index is 2310. The Hall–Kier alpha value is -5.91. The smallest absolute Gasteiger partial charge is 0.270 e. The van der Waals surface area contributed by atoms with Gasteiger partial charge in [-0.2, -0.15) is 0 Å². The van der Waals surface area contributed by atoms with Crippen molar-refractivity contribution in [3.05, 3.63) is 159 Å². The van der Waals surface area contributed by atoms with Crippen LogP contribution in [0.4, 0.5) is 5.69 Å². The summed E-state index contributed by atoms with van der Waals surface area (Å²) in [5.41, 5.74) is 9.28. The highest BCUT2D eigenvalue weighted by atomic mass is 16.3. The minimum atomic E-state index is -0.129. The van der Waals surface area contributed by atoms with E-state index in [-0.39, 0.29) is 11.5 Å². The molecule has 0 unspecified atom stereocenters. The van der Waals surface area contributed by atoms with E-state index in [1.807, 2.05) is 24.3 Å². The van der Waals surface area contributed by atoms with Gasteiger partial charge >= 0.3 is 0 Å². The van der Waals surface area contributed by atoms with Gasteiger partial charge in [0.2, 0.25) is 5.71 Å². The second-order valence-electron chi connectivity index (χ2n) is 13.6. The molecule has 0 bridgehead atoms. The predicted octanol–water partition coefficient (Wildman–Crippen LogP) is 9.89. The molecule has 5 aromatic rings. The SMILES string of the molecule is [C-]#[N+]/C(C#N)=C1\C(=C2c3ccccc3C(=[N+](CCC)CCC)c3ccccc32)C([O-])=C1c1c2ccccc2c(N(CCC)CCC)c2ccccc12. The zero-order chi connectivity index (χ0) is 36.4. The van der Waals surface area contributed by atoms with E-state index in [9.17, 15) is 5.26 Å². The van der Waals surface area contributed by atoms with Crippen molar-refractivity contribution >= 4 is 44.1 Å². The number of benzene rings is 5. The third-order valence-corrected chi connectivity index (χ3v) is 10.3. The molecule has 7 rings (SSSR count). The molecule has 5 nitrogen and oxygen atoms in total. The zero-order valence-corrected chi connectivity index (χ0v) is 30.6. The Labute approximate surface area is 307 Å². The number of rotatable bonds is 10. The fraction of sp³-hybridized carbons (Fsp3) is 0.255. The Morgan fingerprint density at radius 2 is 1.12 bits per heavy atom. The van der Waals surface area contributed by atoms with Crippen molar-refractivity contribution in [3.63, 3.8) is 0 Å². The minimum Gasteiger partial charge on any atom is -0.872 e. The van der Waals surface area contributed by atoms with Crippen LogP contribution in [0.5, 0.6) is 0 Å². The summed E-state index contributed by atoms with van der Waals surface area (Å²) >= 11 is 0. The Balaban J connectivity index is 1.62. The summed E-state index contributed by atoms with van der Waals surface area (Å²) in [6, 6.07) is 35.5. The van der Waals surface area contributed by atoms with Gasteiger partial charge in [-0.15, -0.1) is 0 Å². The largest absolute Gasteiger partial charge is 0.872 e. The van der Waals surface area contributed by atoms with Crippen molar-refractivity contribution in [1.82, 2.24) is 0 Å². The predicted molar refractivity (Wildman–Crippen MR) is 213 cm³/mol. The van der Waals surface area contributed by atoms with Crippen LogP contribution in [-0.2, 0) is 0 Å². The Morgan fingerprint density at radius 1 is 0.654 bits per heavy atom. The van der Waals surface area contributed by atoms with Gasteiger partial charge in [0, 0.05) is 42.3 Å². The third kappa shape index (κ3) is 5.49. The highest BCUT2D eigenvalue weighted by Gasteiger charge is 2.38. The van der Waals surface area contributed by atoms with Gasteiger partial charge in [0.05, 0.1) is 29.5 Å². The van der Waals surface area contributed by atoms with E-state index in [2.05, 4.69) is 121 Å². The van der Waals surface area contributed by atoms with E-state index >= 15 is 5.11 Å². The third-order valence-electron chi connectivity index (χ3n) is 10.3. The van der Waals surface area contributed by atoms with Crippen LogP contribution in [0.25, 0.3) is 37.5 Å². The monoisotopic (exact) mass is 680 g/mol. The Morgan fingerprint density at radius 3 is 1.56 bits per heavy atom. The highest BCUT2D eigenvalue weighted by Crippen LogP contribution is 2.55. The first-order chi connectivity index (χ1) is 25.5. The van der Waals surface area contributed by atoms with Crippen LogP contribution in [0.1, 0.15) is 81.2 Å². The van der Waals surface area contributed by atoms with Gasteiger partial charge in [-0.3, -0.25) is 0 Å². The average Bonchev–Trinajstić information content (AvgIpc) is 3.17. The van der Waals surface area contributed by atoms with Gasteiger partial charge in [0.1, 0.15) is 13.1 Å². The van der Waals surface area contributed by atoms with Gasteiger partial charge in [-0.25, -0.2) is 14.7 Å². The number of anilines is 1. The highest BCUT2D eigenvalue weighted by molar-refractivity contribution is 6.25. The van der Waals surface area contributed by atoms with Crippen LogP contribution >= 0.6 is 0 Å². The molecule has 0 saturated heterocycles. The van der Waals surface area contributed by atoms with Crippen molar-refractivity contribution in [2.75, 3.05) is 31.1 Å². The molecule has 0 heterocycles. The molecule has 5 aromatic carbocycles.